The van der Waals surface area contributed by atoms with Crippen molar-refractivity contribution in [1.29, 1.82) is 0 Å². The van der Waals surface area contributed by atoms with E-state index in [0.717, 1.165) is 32.4 Å². The molecule has 5 heteroatoms. The van der Waals surface area contributed by atoms with Crippen molar-refractivity contribution in [1.82, 2.24) is 10.2 Å². The van der Waals surface area contributed by atoms with Gasteiger partial charge in [0.25, 0.3) is 5.91 Å². The zero-order valence-electron chi connectivity index (χ0n) is 12.2. The SMILES string of the molecule is CC(Oc1ccccc1Cl)C(=O)N1C2CCNCC1CC2. The molecule has 3 unspecified atom stereocenters. The Bertz CT molecular complexity index is 509. The first-order valence-electron chi connectivity index (χ1n) is 7.61. The van der Waals surface area contributed by atoms with Crippen molar-refractivity contribution in [3.8, 4) is 5.75 Å². The summed E-state index contributed by atoms with van der Waals surface area (Å²) in [5, 5.41) is 3.94. The number of hydrogen-bond acceptors (Lipinski definition) is 3. The van der Waals surface area contributed by atoms with Crippen molar-refractivity contribution in [3.63, 3.8) is 0 Å². The summed E-state index contributed by atoms with van der Waals surface area (Å²) in [7, 11) is 0. The van der Waals surface area contributed by atoms with Crippen LogP contribution in [-0.4, -0.2) is 42.1 Å². The molecular weight excluding hydrogens is 288 g/mol. The van der Waals surface area contributed by atoms with Crippen LogP contribution in [0.4, 0.5) is 0 Å². The molecule has 2 aliphatic rings. The summed E-state index contributed by atoms with van der Waals surface area (Å²) in [6.45, 7) is 3.69. The van der Waals surface area contributed by atoms with E-state index in [2.05, 4.69) is 5.32 Å². The summed E-state index contributed by atoms with van der Waals surface area (Å²) >= 11 is 6.09. The molecule has 0 saturated carbocycles. The van der Waals surface area contributed by atoms with Gasteiger partial charge in [-0.05, 0) is 44.9 Å². The fraction of sp³-hybridized carbons (Fsp3) is 0.562. The smallest absolute Gasteiger partial charge is 0.263 e. The number of nitrogens with zero attached hydrogens (tertiary/aromatic N) is 1. The number of carbonyl (C=O) groups excluding carboxylic acids is 1. The second kappa shape index (κ2) is 6.24. The third-order valence-electron chi connectivity index (χ3n) is 4.40. The second-order valence-corrected chi connectivity index (χ2v) is 6.22. The predicted octanol–water partition coefficient (Wildman–Crippen LogP) is 2.46. The lowest BCUT2D eigenvalue weighted by atomic mass is 10.1. The van der Waals surface area contributed by atoms with E-state index in [9.17, 15) is 4.79 Å². The Morgan fingerprint density at radius 3 is 2.90 bits per heavy atom. The lowest BCUT2D eigenvalue weighted by Crippen LogP contribution is -2.48. The lowest BCUT2D eigenvalue weighted by molar-refractivity contribution is -0.140. The highest BCUT2D eigenvalue weighted by Crippen LogP contribution is 2.30. The molecular formula is C16H21ClN2O2. The molecule has 1 amide bonds. The van der Waals surface area contributed by atoms with Crippen molar-refractivity contribution in [2.45, 2.75) is 44.4 Å². The number of amides is 1. The van der Waals surface area contributed by atoms with Gasteiger partial charge in [-0.15, -0.1) is 0 Å². The fourth-order valence-electron chi connectivity index (χ4n) is 3.33. The Morgan fingerprint density at radius 2 is 2.10 bits per heavy atom. The summed E-state index contributed by atoms with van der Waals surface area (Å²) in [6.07, 6.45) is 2.71. The molecule has 2 saturated heterocycles. The topological polar surface area (TPSA) is 41.6 Å². The van der Waals surface area contributed by atoms with Crippen molar-refractivity contribution >= 4 is 17.5 Å². The van der Waals surface area contributed by atoms with Gasteiger partial charge >= 0.3 is 0 Å². The number of fused-ring (bicyclic) bond motifs is 2. The molecule has 1 aromatic carbocycles. The maximum absolute atomic E-state index is 12.8. The van der Waals surface area contributed by atoms with E-state index in [0.29, 0.717) is 22.9 Å². The third kappa shape index (κ3) is 3.01. The van der Waals surface area contributed by atoms with Crippen LogP contribution in [0.3, 0.4) is 0 Å². The number of halogens is 1. The van der Waals surface area contributed by atoms with E-state index in [4.69, 9.17) is 16.3 Å². The standard InChI is InChI=1S/C16H21ClN2O2/c1-11(21-15-5-3-2-4-14(15)17)16(20)19-12-6-7-13(19)10-18-9-8-12/h2-5,11-13,18H,6-10H2,1H3. The number of carbonyl (C=O) groups is 1. The molecule has 21 heavy (non-hydrogen) atoms. The highest BCUT2D eigenvalue weighted by atomic mass is 35.5. The zero-order chi connectivity index (χ0) is 14.8. The quantitative estimate of drug-likeness (QED) is 0.932. The molecule has 2 heterocycles. The summed E-state index contributed by atoms with van der Waals surface area (Å²) in [6, 6.07) is 7.94. The Morgan fingerprint density at radius 1 is 1.33 bits per heavy atom. The number of ether oxygens (including phenoxy) is 1. The third-order valence-corrected chi connectivity index (χ3v) is 4.71. The second-order valence-electron chi connectivity index (χ2n) is 5.81. The van der Waals surface area contributed by atoms with Crippen LogP contribution >= 0.6 is 11.6 Å². The zero-order valence-corrected chi connectivity index (χ0v) is 13.0. The summed E-state index contributed by atoms with van der Waals surface area (Å²) < 4.78 is 5.78. The van der Waals surface area contributed by atoms with Gasteiger partial charge < -0.3 is 15.0 Å². The first kappa shape index (κ1) is 14.7. The number of rotatable bonds is 3. The molecule has 0 spiro atoms. The van der Waals surface area contributed by atoms with Crippen LogP contribution in [0.2, 0.25) is 5.02 Å². The van der Waals surface area contributed by atoms with E-state index >= 15 is 0 Å². The van der Waals surface area contributed by atoms with Crippen LogP contribution in [-0.2, 0) is 4.79 Å². The molecule has 2 fully saturated rings. The molecule has 114 valence electrons. The Hall–Kier alpha value is -1.26. The van der Waals surface area contributed by atoms with Crippen LogP contribution in [0.5, 0.6) is 5.75 Å². The monoisotopic (exact) mass is 308 g/mol. The molecule has 0 radical (unpaired) electrons. The van der Waals surface area contributed by atoms with Crippen molar-refractivity contribution in [2.24, 2.45) is 0 Å². The van der Waals surface area contributed by atoms with Gasteiger partial charge in [-0.2, -0.15) is 0 Å². The van der Waals surface area contributed by atoms with Crippen LogP contribution in [0.25, 0.3) is 0 Å². The van der Waals surface area contributed by atoms with Gasteiger partial charge in [0, 0.05) is 18.6 Å². The fourth-order valence-corrected chi connectivity index (χ4v) is 3.51. The normalized spacial score (nSPS) is 26.3. The average Bonchev–Trinajstić information content (AvgIpc) is 2.73. The van der Waals surface area contributed by atoms with E-state index in [1.165, 1.54) is 0 Å². The molecule has 3 rings (SSSR count). The van der Waals surface area contributed by atoms with Gasteiger partial charge in [0.05, 0.1) is 5.02 Å². The van der Waals surface area contributed by atoms with Crippen LogP contribution in [0, 0.1) is 0 Å². The molecule has 3 atom stereocenters. The first-order valence-corrected chi connectivity index (χ1v) is 7.98. The molecule has 0 aliphatic carbocycles. The van der Waals surface area contributed by atoms with E-state index < -0.39 is 6.10 Å². The van der Waals surface area contributed by atoms with Gasteiger partial charge in [-0.3, -0.25) is 4.79 Å². The molecule has 2 aliphatic heterocycles. The maximum atomic E-state index is 12.8. The number of para-hydroxylation sites is 1. The summed E-state index contributed by atoms with van der Waals surface area (Å²) in [5.74, 6) is 0.645. The number of benzene rings is 1. The highest BCUT2D eigenvalue weighted by molar-refractivity contribution is 6.32. The first-order chi connectivity index (χ1) is 10.2. The van der Waals surface area contributed by atoms with Crippen LogP contribution < -0.4 is 10.1 Å². The van der Waals surface area contributed by atoms with Gasteiger partial charge in [0.15, 0.2) is 6.10 Å². The Kier molecular flexibility index (Phi) is 4.36. The Balaban J connectivity index is 1.71. The molecule has 4 nitrogen and oxygen atoms in total. The maximum Gasteiger partial charge on any atom is 0.263 e. The van der Waals surface area contributed by atoms with Gasteiger partial charge in [0.2, 0.25) is 0 Å². The predicted molar refractivity (Wildman–Crippen MR) is 82.7 cm³/mol. The summed E-state index contributed by atoms with van der Waals surface area (Å²) in [4.78, 5) is 14.8. The number of nitrogens with one attached hydrogen (secondary N) is 1. The van der Waals surface area contributed by atoms with Gasteiger partial charge in [-0.1, -0.05) is 23.7 Å². The Labute approximate surface area is 130 Å². The molecule has 2 bridgehead atoms. The van der Waals surface area contributed by atoms with Crippen LogP contribution in [0.1, 0.15) is 26.2 Å². The molecule has 1 N–H and O–H groups in total. The van der Waals surface area contributed by atoms with E-state index in [1.54, 1.807) is 12.1 Å². The minimum absolute atomic E-state index is 0.0751. The average molecular weight is 309 g/mol. The van der Waals surface area contributed by atoms with Crippen molar-refractivity contribution < 1.29 is 9.53 Å². The van der Waals surface area contributed by atoms with Crippen molar-refractivity contribution in [2.75, 3.05) is 13.1 Å². The lowest BCUT2D eigenvalue weighted by Gasteiger charge is -2.30. The van der Waals surface area contributed by atoms with Gasteiger partial charge in [0.1, 0.15) is 5.75 Å². The minimum atomic E-state index is -0.508. The summed E-state index contributed by atoms with van der Waals surface area (Å²) in [5.41, 5.74) is 0. The number of hydrogen-bond donors (Lipinski definition) is 1. The van der Waals surface area contributed by atoms with E-state index in [1.807, 2.05) is 24.0 Å². The highest BCUT2D eigenvalue weighted by Gasteiger charge is 2.40. The minimum Gasteiger partial charge on any atom is -0.479 e. The van der Waals surface area contributed by atoms with E-state index in [-0.39, 0.29) is 5.91 Å². The molecule has 1 aromatic rings. The van der Waals surface area contributed by atoms with Crippen molar-refractivity contribution in [3.05, 3.63) is 29.3 Å². The van der Waals surface area contributed by atoms with Crippen LogP contribution in [0.15, 0.2) is 24.3 Å². The van der Waals surface area contributed by atoms with Gasteiger partial charge in [-0.25, -0.2) is 0 Å². The molecule has 0 aromatic heterocycles. The largest absolute Gasteiger partial charge is 0.479 e.